The van der Waals surface area contributed by atoms with Gasteiger partial charge in [0.15, 0.2) is 0 Å². The van der Waals surface area contributed by atoms with Crippen LogP contribution in [0, 0.1) is 6.92 Å². The number of hydrogen-bond donors (Lipinski definition) is 2. The Morgan fingerprint density at radius 3 is 2.57 bits per heavy atom. The molecular weight excluding hydrogens is 356 g/mol. The molecule has 6 heteroatoms. The van der Waals surface area contributed by atoms with Crippen LogP contribution in [0.4, 0.5) is 4.79 Å². The normalized spacial score (nSPS) is 16.2. The number of carbonyl (C=O) groups is 2. The lowest BCUT2D eigenvalue weighted by atomic mass is 9.95. The van der Waals surface area contributed by atoms with Crippen LogP contribution in [0.2, 0.25) is 0 Å². The average Bonchev–Trinajstić information content (AvgIpc) is 2.67. The van der Waals surface area contributed by atoms with Gasteiger partial charge >= 0.3 is 12.0 Å². The lowest BCUT2D eigenvalue weighted by molar-refractivity contribution is -0.139. The molecule has 3 rings (SSSR count). The van der Waals surface area contributed by atoms with Gasteiger partial charge in [0, 0.05) is 5.70 Å². The zero-order valence-electron chi connectivity index (χ0n) is 16.2. The first kappa shape index (κ1) is 19.5. The Hall–Kier alpha value is -3.28. The summed E-state index contributed by atoms with van der Waals surface area (Å²) in [7, 11) is 0. The van der Waals surface area contributed by atoms with E-state index in [4.69, 9.17) is 9.47 Å². The first-order valence-electron chi connectivity index (χ1n) is 9.21. The molecule has 0 aliphatic carbocycles. The highest BCUT2D eigenvalue weighted by Crippen LogP contribution is 2.29. The minimum Gasteiger partial charge on any atom is -0.489 e. The van der Waals surface area contributed by atoms with Crippen molar-refractivity contribution in [1.29, 1.82) is 0 Å². The molecular formula is C22H24N2O4. The third kappa shape index (κ3) is 4.52. The number of urea groups is 1. The van der Waals surface area contributed by atoms with Gasteiger partial charge in [-0.2, -0.15) is 0 Å². The predicted molar refractivity (Wildman–Crippen MR) is 106 cm³/mol. The van der Waals surface area contributed by atoms with Crippen molar-refractivity contribution < 1.29 is 19.1 Å². The summed E-state index contributed by atoms with van der Waals surface area (Å²) in [5.41, 5.74) is 3.88. The van der Waals surface area contributed by atoms with E-state index in [0.29, 0.717) is 23.6 Å². The summed E-state index contributed by atoms with van der Waals surface area (Å²) < 4.78 is 11.1. The number of rotatable bonds is 6. The Morgan fingerprint density at radius 1 is 1.11 bits per heavy atom. The van der Waals surface area contributed by atoms with Gasteiger partial charge in [-0.3, -0.25) is 0 Å². The van der Waals surface area contributed by atoms with Crippen LogP contribution in [0.3, 0.4) is 0 Å². The maximum Gasteiger partial charge on any atom is 0.338 e. The standard InChI is InChI=1S/C22H24N2O4/c1-4-27-21(25)19-15(3)23-22(26)24-20(19)17-6-5-7-18(12-17)28-13-16-10-8-14(2)9-11-16/h5-12,20H,4,13H2,1-3H3,(H2,23,24,26). The Bertz CT molecular complexity index is 903. The van der Waals surface area contributed by atoms with Crippen LogP contribution >= 0.6 is 0 Å². The van der Waals surface area contributed by atoms with Crippen molar-refractivity contribution >= 4 is 12.0 Å². The summed E-state index contributed by atoms with van der Waals surface area (Å²) in [5.74, 6) is 0.204. The van der Waals surface area contributed by atoms with Crippen LogP contribution < -0.4 is 15.4 Å². The number of carbonyl (C=O) groups excluding carboxylic acids is 2. The molecule has 2 aromatic carbocycles. The monoisotopic (exact) mass is 380 g/mol. The second-order valence-corrected chi connectivity index (χ2v) is 6.64. The summed E-state index contributed by atoms with van der Waals surface area (Å²) in [6.07, 6.45) is 0. The van der Waals surface area contributed by atoms with Gasteiger partial charge < -0.3 is 20.1 Å². The molecule has 0 radical (unpaired) electrons. The fraction of sp³-hybridized carbons (Fsp3) is 0.273. The number of nitrogens with one attached hydrogen (secondary N) is 2. The van der Waals surface area contributed by atoms with Crippen molar-refractivity contribution in [3.8, 4) is 5.75 Å². The fourth-order valence-electron chi connectivity index (χ4n) is 3.06. The van der Waals surface area contributed by atoms with Crippen molar-refractivity contribution in [2.24, 2.45) is 0 Å². The molecule has 1 unspecified atom stereocenters. The van der Waals surface area contributed by atoms with Crippen LogP contribution in [0.25, 0.3) is 0 Å². The van der Waals surface area contributed by atoms with Gasteiger partial charge in [0.1, 0.15) is 12.4 Å². The second-order valence-electron chi connectivity index (χ2n) is 6.64. The Kier molecular flexibility index (Phi) is 5.99. The van der Waals surface area contributed by atoms with Crippen molar-refractivity contribution in [2.75, 3.05) is 6.61 Å². The maximum absolute atomic E-state index is 12.4. The van der Waals surface area contributed by atoms with Gasteiger partial charge in [0.05, 0.1) is 18.2 Å². The number of hydrogen-bond acceptors (Lipinski definition) is 4. The van der Waals surface area contributed by atoms with Crippen LogP contribution in [0.5, 0.6) is 5.75 Å². The first-order chi connectivity index (χ1) is 13.5. The Balaban J connectivity index is 1.82. The van der Waals surface area contributed by atoms with Crippen molar-refractivity contribution in [3.63, 3.8) is 0 Å². The Morgan fingerprint density at radius 2 is 1.86 bits per heavy atom. The van der Waals surface area contributed by atoms with Crippen LogP contribution in [0.1, 0.15) is 36.6 Å². The van der Waals surface area contributed by atoms with E-state index >= 15 is 0 Å². The van der Waals surface area contributed by atoms with Gasteiger partial charge in [-0.1, -0.05) is 42.0 Å². The summed E-state index contributed by atoms with van der Waals surface area (Å²) in [5, 5.41) is 5.43. The molecule has 1 atom stereocenters. The topological polar surface area (TPSA) is 76.7 Å². The smallest absolute Gasteiger partial charge is 0.338 e. The molecule has 2 N–H and O–H groups in total. The van der Waals surface area contributed by atoms with Gasteiger partial charge in [-0.25, -0.2) is 9.59 Å². The van der Waals surface area contributed by atoms with Gasteiger partial charge in [0.2, 0.25) is 0 Å². The molecule has 0 saturated carbocycles. The summed E-state index contributed by atoms with van der Waals surface area (Å²) in [6, 6.07) is 14.5. The number of ether oxygens (including phenoxy) is 2. The van der Waals surface area contributed by atoms with Crippen LogP contribution in [-0.2, 0) is 16.1 Å². The van der Waals surface area contributed by atoms with E-state index in [0.717, 1.165) is 11.1 Å². The number of benzene rings is 2. The van der Waals surface area contributed by atoms with Crippen molar-refractivity contribution in [1.82, 2.24) is 10.6 Å². The molecule has 1 heterocycles. The van der Waals surface area contributed by atoms with Crippen LogP contribution in [0.15, 0.2) is 59.8 Å². The quantitative estimate of drug-likeness (QED) is 0.748. The van der Waals surface area contributed by atoms with Crippen molar-refractivity contribution in [2.45, 2.75) is 33.4 Å². The maximum atomic E-state index is 12.4. The molecule has 0 aromatic heterocycles. The summed E-state index contributed by atoms with van der Waals surface area (Å²) >= 11 is 0. The molecule has 0 saturated heterocycles. The van der Waals surface area contributed by atoms with Crippen LogP contribution in [-0.4, -0.2) is 18.6 Å². The number of allylic oxidation sites excluding steroid dienone is 1. The van der Waals surface area contributed by atoms with E-state index < -0.39 is 12.0 Å². The zero-order valence-corrected chi connectivity index (χ0v) is 16.2. The highest BCUT2D eigenvalue weighted by molar-refractivity contribution is 5.95. The predicted octanol–water partition coefficient (Wildman–Crippen LogP) is 3.77. The SMILES string of the molecule is CCOC(=O)C1=C(C)NC(=O)NC1c1cccc(OCc2ccc(C)cc2)c1. The van der Waals surface area contributed by atoms with E-state index in [9.17, 15) is 9.59 Å². The molecule has 0 fully saturated rings. The molecule has 146 valence electrons. The number of amides is 2. The summed E-state index contributed by atoms with van der Waals surface area (Å²) in [6.45, 7) is 6.17. The van der Waals surface area contributed by atoms with E-state index in [1.165, 1.54) is 5.56 Å². The van der Waals surface area contributed by atoms with Gasteiger partial charge in [0.25, 0.3) is 0 Å². The first-order valence-corrected chi connectivity index (χ1v) is 9.21. The summed E-state index contributed by atoms with van der Waals surface area (Å²) in [4.78, 5) is 24.4. The molecule has 0 bridgehead atoms. The highest BCUT2D eigenvalue weighted by atomic mass is 16.5. The van der Waals surface area contributed by atoms with Crippen molar-refractivity contribution in [3.05, 3.63) is 76.5 Å². The molecule has 2 amide bonds. The lowest BCUT2D eigenvalue weighted by Gasteiger charge is -2.28. The molecule has 1 aliphatic heterocycles. The number of esters is 1. The third-order valence-electron chi connectivity index (χ3n) is 4.48. The van der Waals surface area contributed by atoms with E-state index in [1.807, 2.05) is 55.5 Å². The van der Waals surface area contributed by atoms with Gasteiger partial charge in [-0.15, -0.1) is 0 Å². The molecule has 2 aromatic rings. The second kappa shape index (κ2) is 8.61. The largest absolute Gasteiger partial charge is 0.489 e. The zero-order chi connectivity index (χ0) is 20.1. The third-order valence-corrected chi connectivity index (χ3v) is 4.48. The lowest BCUT2D eigenvalue weighted by Crippen LogP contribution is -2.45. The van der Waals surface area contributed by atoms with E-state index in [1.54, 1.807) is 13.8 Å². The molecule has 6 nitrogen and oxygen atoms in total. The molecule has 0 spiro atoms. The number of aryl methyl sites for hydroxylation is 1. The van der Waals surface area contributed by atoms with E-state index in [-0.39, 0.29) is 12.6 Å². The highest BCUT2D eigenvalue weighted by Gasteiger charge is 2.32. The minimum absolute atomic E-state index is 0.260. The molecule has 28 heavy (non-hydrogen) atoms. The fourth-order valence-corrected chi connectivity index (χ4v) is 3.06. The Labute approximate surface area is 164 Å². The van der Waals surface area contributed by atoms with E-state index in [2.05, 4.69) is 10.6 Å². The minimum atomic E-state index is -0.601. The van der Waals surface area contributed by atoms with Gasteiger partial charge in [-0.05, 0) is 44.0 Å². The average molecular weight is 380 g/mol. The molecule has 1 aliphatic rings.